The van der Waals surface area contributed by atoms with Gasteiger partial charge in [-0.05, 0) is 6.42 Å². The van der Waals surface area contributed by atoms with Crippen LogP contribution in [0.4, 0.5) is 0 Å². The van der Waals surface area contributed by atoms with Crippen LogP contribution in [0.15, 0.2) is 0 Å². The van der Waals surface area contributed by atoms with Gasteiger partial charge in [-0.25, -0.2) is 12.7 Å². The fraction of sp³-hybridized carbons (Fsp3) is 1.00. The zero-order chi connectivity index (χ0) is 10.3. The normalized spacial score (nSPS) is 12.3. The van der Waals surface area contributed by atoms with Crippen molar-refractivity contribution in [2.45, 2.75) is 26.2 Å². The molecule has 0 aliphatic carbocycles. The second-order valence-corrected chi connectivity index (χ2v) is 5.61. The number of halogens is 1. The summed E-state index contributed by atoms with van der Waals surface area (Å²) >= 11 is 5.39. The van der Waals surface area contributed by atoms with E-state index < -0.39 is 10.0 Å². The third kappa shape index (κ3) is 5.49. The van der Waals surface area contributed by atoms with Gasteiger partial charge >= 0.3 is 0 Å². The van der Waals surface area contributed by atoms with Crippen LogP contribution in [0.1, 0.15) is 26.2 Å². The van der Waals surface area contributed by atoms with E-state index in [-0.39, 0.29) is 11.6 Å². The lowest BCUT2D eigenvalue weighted by molar-refractivity contribution is 0.455. The molecule has 0 heterocycles. The van der Waals surface area contributed by atoms with Crippen LogP contribution in [-0.4, -0.2) is 37.9 Å². The summed E-state index contributed by atoms with van der Waals surface area (Å²) in [6.07, 6.45) is 3.10. The van der Waals surface area contributed by atoms with Crippen molar-refractivity contribution >= 4 is 21.6 Å². The molecule has 3 nitrogen and oxygen atoms in total. The maximum absolute atomic E-state index is 11.4. The average molecular weight is 228 g/mol. The van der Waals surface area contributed by atoms with Gasteiger partial charge in [-0.15, -0.1) is 11.6 Å². The number of hydrogen-bond acceptors (Lipinski definition) is 2. The Bertz CT molecular complexity index is 216. The topological polar surface area (TPSA) is 37.4 Å². The van der Waals surface area contributed by atoms with Gasteiger partial charge in [-0.3, -0.25) is 0 Å². The van der Waals surface area contributed by atoms with Gasteiger partial charge in [0, 0.05) is 19.5 Å². The Morgan fingerprint density at radius 2 is 1.92 bits per heavy atom. The Balaban J connectivity index is 3.87. The average Bonchev–Trinajstić information content (AvgIpc) is 2.04. The minimum Gasteiger partial charge on any atom is -0.212 e. The first-order chi connectivity index (χ1) is 6.04. The Morgan fingerprint density at radius 1 is 1.31 bits per heavy atom. The third-order valence-corrected chi connectivity index (χ3v) is 4.15. The molecule has 80 valence electrons. The van der Waals surface area contributed by atoms with E-state index in [1.165, 1.54) is 4.31 Å². The van der Waals surface area contributed by atoms with Crippen LogP contribution in [0.3, 0.4) is 0 Å². The molecular formula is C8H18ClNO2S. The van der Waals surface area contributed by atoms with E-state index in [1.54, 1.807) is 7.05 Å². The van der Waals surface area contributed by atoms with Gasteiger partial charge in [-0.2, -0.15) is 0 Å². The standard InChI is InChI=1S/C8H18ClNO2S/c1-3-4-5-7-10(2)13(11,12)8-6-9/h3-8H2,1-2H3. The van der Waals surface area contributed by atoms with Gasteiger partial charge in [0.25, 0.3) is 0 Å². The molecule has 0 rings (SSSR count). The molecule has 0 aliphatic heterocycles. The Hall–Kier alpha value is 0.200. The highest BCUT2D eigenvalue weighted by Crippen LogP contribution is 2.03. The second kappa shape index (κ2) is 6.62. The summed E-state index contributed by atoms with van der Waals surface area (Å²) in [5, 5.41) is 0. The van der Waals surface area contributed by atoms with Gasteiger partial charge in [-0.1, -0.05) is 19.8 Å². The number of hydrogen-bond donors (Lipinski definition) is 0. The van der Waals surface area contributed by atoms with E-state index in [9.17, 15) is 8.42 Å². The maximum Gasteiger partial charge on any atom is 0.215 e. The molecule has 0 bridgehead atoms. The molecule has 0 atom stereocenters. The fourth-order valence-electron chi connectivity index (χ4n) is 0.977. The second-order valence-electron chi connectivity index (χ2n) is 3.03. The number of nitrogens with zero attached hydrogens (tertiary/aromatic N) is 1. The summed E-state index contributed by atoms with van der Waals surface area (Å²) < 4.78 is 24.1. The summed E-state index contributed by atoms with van der Waals surface area (Å²) in [4.78, 5) is 0. The highest BCUT2D eigenvalue weighted by atomic mass is 35.5. The van der Waals surface area contributed by atoms with Gasteiger partial charge in [0.05, 0.1) is 5.75 Å². The van der Waals surface area contributed by atoms with Crippen molar-refractivity contribution in [1.82, 2.24) is 4.31 Å². The van der Waals surface area contributed by atoms with Crippen molar-refractivity contribution in [2.24, 2.45) is 0 Å². The molecule has 0 aromatic heterocycles. The first kappa shape index (κ1) is 13.2. The molecule has 5 heteroatoms. The van der Waals surface area contributed by atoms with Crippen LogP contribution < -0.4 is 0 Å². The van der Waals surface area contributed by atoms with Crippen molar-refractivity contribution in [3.8, 4) is 0 Å². The zero-order valence-electron chi connectivity index (χ0n) is 8.29. The van der Waals surface area contributed by atoms with Gasteiger partial charge in [0.1, 0.15) is 0 Å². The zero-order valence-corrected chi connectivity index (χ0v) is 9.86. The Morgan fingerprint density at radius 3 is 2.38 bits per heavy atom. The monoisotopic (exact) mass is 227 g/mol. The fourth-order valence-corrected chi connectivity index (χ4v) is 2.48. The van der Waals surface area contributed by atoms with E-state index in [0.717, 1.165) is 19.3 Å². The molecule has 0 saturated heterocycles. The lowest BCUT2D eigenvalue weighted by Gasteiger charge is -2.15. The van der Waals surface area contributed by atoms with Crippen molar-refractivity contribution in [1.29, 1.82) is 0 Å². The number of rotatable bonds is 7. The Kier molecular flexibility index (Phi) is 6.73. The predicted octanol–water partition coefficient (Wildman–Crippen LogP) is 1.68. The first-order valence-corrected chi connectivity index (χ1v) is 6.69. The van der Waals surface area contributed by atoms with E-state index in [0.29, 0.717) is 6.54 Å². The smallest absolute Gasteiger partial charge is 0.212 e. The van der Waals surface area contributed by atoms with Crippen LogP contribution in [0.25, 0.3) is 0 Å². The molecule has 0 spiro atoms. The summed E-state index contributed by atoms with van der Waals surface area (Å²) in [6, 6.07) is 0. The number of unbranched alkanes of at least 4 members (excludes halogenated alkanes) is 2. The van der Waals surface area contributed by atoms with Crippen LogP contribution in [0.2, 0.25) is 0 Å². The summed E-state index contributed by atoms with van der Waals surface area (Å²) in [5.41, 5.74) is 0. The predicted molar refractivity (Wildman–Crippen MR) is 56.7 cm³/mol. The summed E-state index contributed by atoms with van der Waals surface area (Å²) in [7, 11) is -1.48. The van der Waals surface area contributed by atoms with Crippen LogP contribution >= 0.6 is 11.6 Å². The van der Waals surface area contributed by atoms with E-state index in [2.05, 4.69) is 6.92 Å². The minimum absolute atomic E-state index is 0.0389. The molecule has 0 N–H and O–H groups in total. The molecule has 0 aromatic rings. The SMILES string of the molecule is CCCCCN(C)S(=O)(=O)CCCl. The van der Waals surface area contributed by atoms with E-state index >= 15 is 0 Å². The quantitative estimate of drug-likeness (QED) is 0.490. The highest BCUT2D eigenvalue weighted by molar-refractivity contribution is 7.89. The molecule has 0 amide bonds. The van der Waals surface area contributed by atoms with Gasteiger partial charge < -0.3 is 0 Å². The maximum atomic E-state index is 11.4. The summed E-state index contributed by atoms with van der Waals surface area (Å²) in [5.74, 6) is 0.206. The van der Waals surface area contributed by atoms with Crippen molar-refractivity contribution in [2.75, 3.05) is 25.2 Å². The largest absolute Gasteiger partial charge is 0.215 e. The summed E-state index contributed by atoms with van der Waals surface area (Å²) in [6.45, 7) is 2.69. The molecule has 13 heavy (non-hydrogen) atoms. The van der Waals surface area contributed by atoms with E-state index in [4.69, 9.17) is 11.6 Å². The number of alkyl halides is 1. The van der Waals surface area contributed by atoms with Gasteiger partial charge in [0.15, 0.2) is 0 Å². The lowest BCUT2D eigenvalue weighted by atomic mass is 10.2. The minimum atomic E-state index is -3.09. The van der Waals surface area contributed by atoms with E-state index in [1.807, 2.05) is 0 Å². The Labute approximate surface area is 86.1 Å². The molecule has 0 unspecified atom stereocenters. The lowest BCUT2D eigenvalue weighted by Crippen LogP contribution is -2.30. The van der Waals surface area contributed by atoms with Crippen LogP contribution in [0, 0.1) is 0 Å². The van der Waals surface area contributed by atoms with Crippen molar-refractivity contribution in [3.63, 3.8) is 0 Å². The van der Waals surface area contributed by atoms with Crippen molar-refractivity contribution < 1.29 is 8.42 Å². The van der Waals surface area contributed by atoms with Gasteiger partial charge in [0.2, 0.25) is 10.0 Å². The molecule has 0 fully saturated rings. The molecule has 0 radical (unpaired) electrons. The first-order valence-electron chi connectivity index (χ1n) is 4.54. The highest BCUT2D eigenvalue weighted by Gasteiger charge is 2.15. The van der Waals surface area contributed by atoms with Crippen LogP contribution in [0.5, 0.6) is 0 Å². The molecular weight excluding hydrogens is 210 g/mol. The molecule has 0 saturated carbocycles. The van der Waals surface area contributed by atoms with Crippen LogP contribution in [-0.2, 0) is 10.0 Å². The number of sulfonamides is 1. The molecule has 0 aliphatic rings. The van der Waals surface area contributed by atoms with Crippen molar-refractivity contribution in [3.05, 3.63) is 0 Å². The third-order valence-electron chi connectivity index (χ3n) is 1.89. The molecule has 0 aromatic carbocycles.